The van der Waals surface area contributed by atoms with Crippen molar-refractivity contribution in [2.45, 2.75) is 44.2 Å². The molecular formula is C27H37N5. The van der Waals surface area contributed by atoms with Crippen LogP contribution in [0.4, 0.5) is 5.69 Å². The van der Waals surface area contributed by atoms with Crippen LogP contribution < -0.4 is 10.2 Å². The Labute approximate surface area is 192 Å². The Hall–Kier alpha value is -1.95. The van der Waals surface area contributed by atoms with Gasteiger partial charge in [-0.05, 0) is 87.0 Å². The maximum Gasteiger partial charge on any atom is 0.0610 e. The van der Waals surface area contributed by atoms with Gasteiger partial charge < -0.3 is 15.1 Å². The van der Waals surface area contributed by atoms with Crippen molar-refractivity contribution in [3.05, 3.63) is 58.9 Å². The number of benzene rings is 1. The van der Waals surface area contributed by atoms with Gasteiger partial charge in [0.05, 0.1) is 11.7 Å². The highest BCUT2D eigenvalue weighted by molar-refractivity contribution is 5.59. The van der Waals surface area contributed by atoms with E-state index in [0.29, 0.717) is 12.1 Å². The number of anilines is 1. The number of nitrogens with one attached hydrogen (secondary N) is 1. The topological polar surface area (TPSA) is 34.6 Å². The highest BCUT2D eigenvalue weighted by Gasteiger charge is 2.39. The highest BCUT2D eigenvalue weighted by Crippen LogP contribution is 2.44. The smallest absolute Gasteiger partial charge is 0.0610 e. The Morgan fingerprint density at radius 3 is 2.81 bits per heavy atom. The van der Waals surface area contributed by atoms with E-state index in [9.17, 15) is 0 Å². The quantitative estimate of drug-likeness (QED) is 0.806. The van der Waals surface area contributed by atoms with Crippen LogP contribution in [0.3, 0.4) is 0 Å². The van der Waals surface area contributed by atoms with Gasteiger partial charge in [-0.2, -0.15) is 0 Å². The Morgan fingerprint density at radius 2 is 1.91 bits per heavy atom. The Kier molecular flexibility index (Phi) is 5.66. The van der Waals surface area contributed by atoms with Crippen molar-refractivity contribution >= 4 is 5.69 Å². The van der Waals surface area contributed by atoms with Crippen molar-refractivity contribution in [2.75, 3.05) is 57.8 Å². The molecule has 0 unspecified atom stereocenters. The van der Waals surface area contributed by atoms with E-state index in [0.717, 1.165) is 51.6 Å². The first kappa shape index (κ1) is 20.6. The SMILES string of the molecule is CN1CCN(c2cccc3c2CCN[C@H]3CN2CCC[C@H]3CCc4cccnc4[C@H]32)CC1. The molecule has 0 amide bonds. The molecule has 5 nitrogen and oxygen atoms in total. The molecule has 2 saturated heterocycles. The van der Waals surface area contributed by atoms with Crippen LogP contribution in [-0.4, -0.2) is 67.6 Å². The van der Waals surface area contributed by atoms with E-state index < -0.39 is 0 Å². The van der Waals surface area contributed by atoms with Crippen LogP contribution in [0, 0.1) is 5.92 Å². The van der Waals surface area contributed by atoms with Crippen molar-refractivity contribution in [1.29, 1.82) is 0 Å². The maximum absolute atomic E-state index is 4.90. The molecule has 6 rings (SSSR count). The van der Waals surface area contributed by atoms with Crippen LogP contribution in [0.25, 0.3) is 0 Å². The first-order chi connectivity index (χ1) is 15.8. The molecule has 2 fully saturated rings. The predicted octanol–water partition coefficient (Wildman–Crippen LogP) is 3.42. The minimum atomic E-state index is 0.416. The zero-order valence-electron chi connectivity index (χ0n) is 19.5. The first-order valence-corrected chi connectivity index (χ1v) is 12.7. The molecule has 4 aliphatic rings. The van der Waals surface area contributed by atoms with Crippen molar-refractivity contribution in [3.8, 4) is 0 Å². The lowest BCUT2D eigenvalue weighted by atomic mass is 9.76. The molecule has 1 aromatic heterocycles. The van der Waals surface area contributed by atoms with Gasteiger partial charge in [-0.25, -0.2) is 0 Å². The maximum atomic E-state index is 4.90. The molecule has 3 atom stereocenters. The summed E-state index contributed by atoms with van der Waals surface area (Å²) in [5.41, 5.74) is 7.47. The van der Waals surface area contributed by atoms with Crippen LogP contribution in [0.15, 0.2) is 36.5 Å². The van der Waals surface area contributed by atoms with E-state index in [-0.39, 0.29) is 0 Å². The molecule has 1 N–H and O–H groups in total. The molecule has 0 spiro atoms. The van der Waals surface area contributed by atoms with Crippen molar-refractivity contribution in [3.63, 3.8) is 0 Å². The third kappa shape index (κ3) is 3.74. The van der Waals surface area contributed by atoms with Crippen LogP contribution in [0.1, 0.15) is 53.7 Å². The number of fused-ring (bicyclic) bond motifs is 4. The van der Waals surface area contributed by atoms with Gasteiger partial charge in [-0.3, -0.25) is 9.88 Å². The van der Waals surface area contributed by atoms with Gasteiger partial charge in [0.2, 0.25) is 0 Å². The molecule has 3 aliphatic heterocycles. The summed E-state index contributed by atoms with van der Waals surface area (Å²) in [6.07, 6.45) is 8.36. The van der Waals surface area contributed by atoms with Gasteiger partial charge in [0.1, 0.15) is 0 Å². The third-order valence-corrected chi connectivity index (χ3v) is 8.44. The number of hydrogen-bond donors (Lipinski definition) is 1. The lowest BCUT2D eigenvalue weighted by molar-refractivity contribution is 0.0663. The second-order valence-corrected chi connectivity index (χ2v) is 10.3. The number of piperazine rings is 1. The number of aromatic nitrogens is 1. The fraction of sp³-hybridized carbons (Fsp3) is 0.593. The number of likely N-dealkylation sites (N-methyl/N-ethyl adjacent to an activating group) is 1. The molecule has 1 aromatic carbocycles. The molecule has 170 valence electrons. The Bertz CT molecular complexity index is 951. The van der Waals surface area contributed by atoms with Gasteiger partial charge in [0.25, 0.3) is 0 Å². The molecule has 2 aromatic rings. The lowest BCUT2D eigenvalue weighted by Crippen LogP contribution is -2.47. The first-order valence-electron chi connectivity index (χ1n) is 12.7. The van der Waals surface area contributed by atoms with Gasteiger partial charge >= 0.3 is 0 Å². The zero-order chi connectivity index (χ0) is 21.5. The van der Waals surface area contributed by atoms with Gasteiger partial charge in [-0.1, -0.05) is 18.2 Å². The number of hydrogen-bond acceptors (Lipinski definition) is 5. The average molecular weight is 432 g/mol. The molecule has 0 radical (unpaired) electrons. The van der Waals surface area contributed by atoms with E-state index in [1.807, 2.05) is 6.20 Å². The van der Waals surface area contributed by atoms with Crippen LogP contribution in [-0.2, 0) is 12.8 Å². The minimum Gasteiger partial charge on any atom is -0.369 e. The number of aryl methyl sites for hydroxylation is 1. The molecule has 4 heterocycles. The largest absolute Gasteiger partial charge is 0.369 e. The van der Waals surface area contributed by atoms with Crippen molar-refractivity contribution in [2.24, 2.45) is 5.92 Å². The number of rotatable bonds is 3. The van der Waals surface area contributed by atoms with E-state index in [1.54, 1.807) is 5.56 Å². The second kappa shape index (κ2) is 8.77. The summed E-state index contributed by atoms with van der Waals surface area (Å²) in [5.74, 6) is 0.769. The fourth-order valence-electron chi connectivity index (χ4n) is 6.74. The normalized spacial score (nSPS) is 28.7. The lowest BCUT2D eigenvalue weighted by Gasteiger charge is -2.46. The predicted molar refractivity (Wildman–Crippen MR) is 130 cm³/mol. The van der Waals surface area contributed by atoms with E-state index >= 15 is 0 Å². The Morgan fingerprint density at radius 1 is 1.00 bits per heavy atom. The van der Waals surface area contributed by atoms with E-state index in [1.165, 1.54) is 54.7 Å². The van der Waals surface area contributed by atoms with Crippen molar-refractivity contribution < 1.29 is 0 Å². The van der Waals surface area contributed by atoms with Crippen LogP contribution in [0.5, 0.6) is 0 Å². The molecule has 1 aliphatic carbocycles. The molecule has 0 saturated carbocycles. The van der Waals surface area contributed by atoms with Crippen molar-refractivity contribution in [1.82, 2.24) is 20.1 Å². The summed E-state index contributed by atoms with van der Waals surface area (Å²) in [7, 11) is 2.24. The van der Waals surface area contributed by atoms with Crippen LogP contribution >= 0.6 is 0 Å². The number of pyridine rings is 1. The third-order valence-electron chi connectivity index (χ3n) is 8.44. The fourth-order valence-corrected chi connectivity index (χ4v) is 6.74. The highest BCUT2D eigenvalue weighted by atomic mass is 15.3. The summed E-state index contributed by atoms with van der Waals surface area (Å²) >= 11 is 0. The number of nitrogens with zero attached hydrogens (tertiary/aromatic N) is 4. The molecule has 5 heteroatoms. The Balaban J connectivity index is 1.27. The summed E-state index contributed by atoms with van der Waals surface area (Å²) < 4.78 is 0. The van der Waals surface area contributed by atoms with Gasteiger partial charge in [-0.15, -0.1) is 0 Å². The zero-order valence-corrected chi connectivity index (χ0v) is 19.5. The van der Waals surface area contributed by atoms with E-state index in [2.05, 4.69) is 57.4 Å². The monoisotopic (exact) mass is 431 g/mol. The summed E-state index contributed by atoms with van der Waals surface area (Å²) in [6.45, 7) is 7.98. The standard InChI is InChI=1S/C27H37N5/c1-30-15-17-31(18-16-30)25-8-2-7-22-23(25)11-13-28-24(22)19-32-14-4-6-21-10-9-20-5-3-12-29-26(20)27(21)32/h2-3,5,7-8,12,21,24,27-28H,4,6,9-11,13-19H2,1H3/t21-,24-,27-/m0/s1. The molecule has 32 heavy (non-hydrogen) atoms. The summed E-state index contributed by atoms with van der Waals surface area (Å²) in [5, 5.41) is 3.89. The number of piperidine rings is 1. The van der Waals surface area contributed by atoms with E-state index in [4.69, 9.17) is 4.98 Å². The van der Waals surface area contributed by atoms with Crippen LogP contribution in [0.2, 0.25) is 0 Å². The molecule has 0 bridgehead atoms. The van der Waals surface area contributed by atoms with Gasteiger partial charge in [0.15, 0.2) is 0 Å². The average Bonchev–Trinajstić information content (AvgIpc) is 2.84. The van der Waals surface area contributed by atoms with Gasteiger partial charge in [0, 0.05) is 50.6 Å². The second-order valence-electron chi connectivity index (χ2n) is 10.3. The number of likely N-dealkylation sites (tertiary alicyclic amines) is 1. The summed E-state index contributed by atoms with van der Waals surface area (Å²) in [6, 6.07) is 12.4. The minimum absolute atomic E-state index is 0.416. The summed E-state index contributed by atoms with van der Waals surface area (Å²) in [4.78, 5) is 12.7. The molecular weight excluding hydrogens is 394 g/mol.